The summed E-state index contributed by atoms with van der Waals surface area (Å²) in [6.45, 7) is 4.18. The van der Waals surface area contributed by atoms with Gasteiger partial charge in [-0.3, -0.25) is 9.59 Å². The highest BCUT2D eigenvalue weighted by molar-refractivity contribution is 7.16. The summed E-state index contributed by atoms with van der Waals surface area (Å²) in [6.07, 6.45) is 6.41. The monoisotopic (exact) mass is 400 g/mol. The molecule has 150 valence electrons. The number of hydrogen-bond donors (Lipinski definition) is 2. The zero-order chi connectivity index (χ0) is 20.1. The average molecular weight is 401 g/mol. The summed E-state index contributed by atoms with van der Waals surface area (Å²) in [4.78, 5) is 29.8. The van der Waals surface area contributed by atoms with Gasteiger partial charge < -0.3 is 10.4 Å². The van der Waals surface area contributed by atoms with Crippen molar-refractivity contribution in [1.82, 2.24) is 4.98 Å². The molecule has 1 aromatic heterocycles. The molecule has 1 saturated carbocycles. The highest BCUT2D eigenvalue weighted by Gasteiger charge is 2.36. The number of thiazole rings is 1. The molecular weight excluding hydrogens is 372 g/mol. The molecule has 5 nitrogen and oxygen atoms in total. The van der Waals surface area contributed by atoms with Gasteiger partial charge in [-0.15, -0.1) is 11.3 Å². The van der Waals surface area contributed by atoms with Crippen LogP contribution < -0.4 is 5.32 Å². The number of carboxylic acid groups (broad SMARTS) is 1. The van der Waals surface area contributed by atoms with Crippen molar-refractivity contribution in [2.75, 3.05) is 5.32 Å². The second-order valence-electron chi connectivity index (χ2n) is 7.55. The van der Waals surface area contributed by atoms with Crippen LogP contribution in [0.5, 0.6) is 0 Å². The van der Waals surface area contributed by atoms with Crippen LogP contribution in [0.1, 0.15) is 55.9 Å². The normalized spacial score (nSPS) is 19.4. The molecule has 2 atom stereocenters. The lowest BCUT2D eigenvalue weighted by Gasteiger charge is -2.26. The molecule has 3 rings (SSSR count). The van der Waals surface area contributed by atoms with Crippen molar-refractivity contribution in [2.45, 2.75) is 58.8 Å². The standard InChI is InChI=1S/C22H28N2O3S/c1-3-4-7-15-10-12-16(13-11-15)19-14(2)28-22(23-19)24-20(25)17-8-5-6-9-18(17)21(26)27/h10-13,17-18H,3-9H2,1-2H3,(H,26,27)(H,23,24,25)/t17-,18+/m0/s1. The molecule has 0 aliphatic heterocycles. The quantitative estimate of drug-likeness (QED) is 0.662. The number of carbonyl (C=O) groups excluding carboxylic acids is 1. The molecule has 1 aliphatic carbocycles. The van der Waals surface area contributed by atoms with Crippen LogP contribution in [0.4, 0.5) is 5.13 Å². The van der Waals surface area contributed by atoms with Crippen LogP contribution in [-0.4, -0.2) is 22.0 Å². The molecule has 0 saturated heterocycles. The fraction of sp³-hybridized carbons (Fsp3) is 0.500. The summed E-state index contributed by atoms with van der Waals surface area (Å²) in [6, 6.07) is 8.45. The first-order chi connectivity index (χ1) is 13.5. The molecular formula is C22H28N2O3S. The average Bonchev–Trinajstić information content (AvgIpc) is 3.06. The third kappa shape index (κ3) is 4.79. The number of nitrogens with one attached hydrogen (secondary N) is 1. The first kappa shape index (κ1) is 20.5. The molecule has 6 heteroatoms. The van der Waals surface area contributed by atoms with Gasteiger partial charge in [0.05, 0.1) is 17.5 Å². The number of aliphatic carboxylic acids is 1. The van der Waals surface area contributed by atoms with Crippen molar-refractivity contribution < 1.29 is 14.7 Å². The van der Waals surface area contributed by atoms with Crippen LogP contribution in [0.3, 0.4) is 0 Å². The highest BCUT2D eigenvalue weighted by Crippen LogP contribution is 2.34. The van der Waals surface area contributed by atoms with Gasteiger partial charge in [-0.1, -0.05) is 50.5 Å². The van der Waals surface area contributed by atoms with Crippen molar-refractivity contribution in [2.24, 2.45) is 11.8 Å². The second kappa shape index (κ2) is 9.32. The number of aromatic nitrogens is 1. The van der Waals surface area contributed by atoms with E-state index in [0.717, 1.165) is 35.4 Å². The van der Waals surface area contributed by atoms with Crippen LogP contribution in [0.2, 0.25) is 0 Å². The van der Waals surface area contributed by atoms with E-state index in [-0.39, 0.29) is 5.91 Å². The Morgan fingerprint density at radius 2 is 1.86 bits per heavy atom. The predicted molar refractivity (Wildman–Crippen MR) is 113 cm³/mol. The Balaban J connectivity index is 1.71. The van der Waals surface area contributed by atoms with Crippen LogP contribution >= 0.6 is 11.3 Å². The van der Waals surface area contributed by atoms with E-state index >= 15 is 0 Å². The van der Waals surface area contributed by atoms with E-state index in [1.54, 1.807) is 0 Å². The third-order valence-corrected chi connectivity index (χ3v) is 6.38. The van der Waals surface area contributed by atoms with Crippen molar-refractivity contribution in [3.63, 3.8) is 0 Å². The first-order valence-corrected chi connectivity index (χ1v) is 10.9. The maximum absolute atomic E-state index is 12.7. The van der Waals surface area contributed by atoms with Crippen LogP contribution in [-0.2, 0) is 16.0 Å². The molecule has 28 heavy (non-hydrogen) atoms. The van der Waals surface area contributed by atoms with E-state index < -0.39 is 17.8 Å². The fourth-order valence-corrected chi connectivity index (χ4v) is 4.71. The number of benzene rings is 1. The van der Waals surface area contributed by atoms with E-state index in [9.17, 15) is 14.7 Å². The van der Waals surface area contributed by atoms with Crippen LogP contribution in [0, 0.1) is 18.8 Å². The SMILES string of the molecule is CCCCc1ccc(-c2nc(NC(=O)[C@H]3CCCC[C@H]3C(=O)O)sc2C)cc1. The van der Waals surface area contributed by atoms with Crippen LogP contribution in [0.25, 0.3) is 11.3 Å². The number of carboxylic acids is 1. The number of rotatable bonds is 7. The molecule has 2 N–H and O–H groups in total. The first-order valence-electron chi connectivity index (χ1n) is 10.1. The van der Waals surface area contributed by atoms with Crippen LogP contribution in [0.15, 0.2) is 24.3 Å². The minimum absolute atomic E-state index is 0.220. The van der Waals surface area contributed by atoms with Crippen molar-refractivity contribution in [1.29, 1.82) is 0 Å². The van der Waals surface area contributed by atoms with Gasteiger partial charge in [-0.2, -0.15) is 0 Å². The Morgan fingerprint density at radius 3 is 2.50 bits per heavy atom. The minimum Gasteiger partial charge on any atom is -0.481 e. The number of carbonyl (C=O) groups is 2. The predicted octanol–water partition coefficient (Wildman–Crippen LogP) is 5.29. The summed E-state index contributed by atoms with van der Waals surface area (Å²) in [7, 11) is 0. The second-order valence-corrected chi connectivity index (χ2v) is 8.75. The number of hydrogen-bond acceptors (Lipinski definition) is 4. The summed E-state index contributed by atoms with van der Waals surface area (Å²) in [5.74, 6) is -2.16. The Hall–Kier alpha value is -2.21. The number of nitrogens with zero attached hydrogens (tertiary/aromatic N) is 1. The number of aryl methyl sites for hydroxylation is 2. The van der Waals surface area contributed by atoms with E-state index in [0.29, 0.717) is 18.0 Å². The van der Waals surface area contributed by atoms with Crippen molar-refractivity contribution in [3.05, 3.63) is 34.7 Å². The molecule has 1 fully saturated rings. The van der Waals surface area contributed by atoms with Gasteiger partial charge in [0.1, 0.15) is 0 Å². The largest absolute Gasteiger partial charge is 0.481 e. The lowest BCUT2D eigenvalue weighted by molar-refractivity contribution is -0.147. The molecule has 0 bridgehead atoms. The summed E-state index contributed by atoms with van der Waals surface area (Å²) in [5.41, 5.74) is 3.24. The number of amides is 1. The molecule has 1 aromatic carbocycles. The third-order valence-electron chi connectivity index (χ3n) is 5.49. The molecule has 1 aliphatic rings. The summed E-state index contributed by atoms with van der Waals surface area (Å²) >= 11 is 1.44. The van der Waals surface area contributed by atoms with E-state index in [1.807, 2.05) is 6.92 Å². The Morgan fingerprint density at radius 1 is 1.18 bits per heavy atom. The minimum atomic E-state index is -0.876. The lowest BCUT2D eigenvalue weighted by Crippen LogP contribution is -2.36. The molecule has 0 radical (unpaired) electrons. The van der Waals surface area contributed by atoms with E-state index in [2.05, 4.69) is 41.5 Å². The van der Waals surface area contributed by atoms with Gasteiger partial charge in [0.25, 0.3) is 0 Å². The Bertz CT molecular complexity index is 829. The van der Waals surface area contributed by atoms with Gasteiger partial charge >= 0.3 is 5.97 Å². The van der Waals surface area contributed by atoms with Crippen molar-refractivity contribution >= 4 is 28.3 Å². The molecule has 1 heterocycles. The number of anilines is 1. The topological polar surface area (TPSA) is 79.3 Å². The van der Waals surface area contributed by atoms with Gasteiger partial charge in [0, 0.05) is 10.4 Å². The van der Waals surface area contributed by atoms with Gasteiger partial charge in [0.2, 0.25) is 5.91 Å². The molecule has 2 aromatic rings. The summed E-state index contributed by atoms with van der Waals surface area (Å²) < 4.78 is 0. The maximum Gasteiger partial charge on any atom is 0.307 e. The van der Waals surface area contributed by atoms with E-state index in [1.165, 1.54) is 29.7 Å². The zero-order valence-corrected chi connectivity index (χ0v) is 17.3. The van der Waals surface area contributed by atoms with Gasteiger partial charge in [-0.05, 0) is 38.2 Å². The molecule has 0 unspecified atom stereocenters. The van der Waals surface area contributed by atoms with Gasteiger partial charge in [-0.25, -0.2) is 4.98 Å². The number of unbranched alkanes of at least 4 members (excludes halogenated alkanes) is 1. The maximum atomic E-state index is 12.7. The summed E-state index contributed by atoms with van der Waals surface area (Å²) in [5, 5.41) is 12.8. The van der Waals surface area contributed by atoms with Crippen molar-refractivity contribution in [3.8, 4) is 11.3 Å². The Labute approximate surface area is 170 Å². The highest BCUT2D eigenvalue weighted by atomic mass is 32.1. The zero-order valence-electron chi connectivity index (χ0n) is 16.5. The molecule has 1 amide bonds. The molecule has 0 spiro atoms. The van der Waals surface area contributed by atoms with Gasteiger partial charge in [0.15, 0.2) is 5.13 Å². The Kier molecular flexibility index (Phi) is 6.83. The van der Waals surface area contributed by atoms with E-state index in [4.69, 9.17) is 0 Å². The fourth-order valence-electron chi connectivity index (χ4n) is 3.87. The smallest absolute Gasteiger partial charge is 0.307 e. The lowest BCUT2D eigenvalue weighted by atomic mass is 9.79.